The van der Waals surface area contributed by atoms with Crippen LogP contribution in [-0.4, -0.2) is 64.3 Å². The van der Waals surface area contributed by atoms with Crippen molar-refractivity contribution in [1.82, 2.24) is 9.80 Å². The van der Waals surface area contributed by atoms with Gasteiger partial charge in [0.15, 0.2) is 5.76 Å². The van der Waals surface area contributed by atoms with Gasteiger partial charge in [-0.25, -0.2) is 0 Å². The van der Waals surface area contributed by atoms with E-state index in [4.69, 9.17) is 4.42 Å². The highest BCUT2D eigenvalue weighted by atomic mass is 16.4. The molecular formula is C20H30N2O4. The molecule has 4 rings (SSSR count). The molecule has 3 fully saturated rings. The van der Waals surface area contributed by atoms with Crippen molar-refractivity contribution < 1.29 is 19.4 Å². The summed E-state index contributed by atoms with van der Waals surface area (Å²) in [5.74, 6) is 2.55. The minimum atomic E-state index is -0.659. The average Bonchev–Trinajstić information content (AvgIpc) is 3.24. The number of hydrogen-bond acceptors (Lipinski definition) is 5. The van der Waals surface area contributed by atoms with Crippen molar-refractivity contribution >= 4 is 5.91 Å². The van der Waals surface area contributed by atoms with Crippen LogP contribution in [0.25, 0.3) is 0 Å². The average molecular weight is 362 g/mol. The molecule has 2 N–H and O–H groups in total. The summed E-state index contributed by atoms with van der Waals surface area (Å²) >= 11 is 0. The number of carbonyl (C=O) groups is 1. The lowest BCUT2D eigenvalue weighted by molar-refractivity contribution is -0.0372. The van der Waals surface area contributed by atoms with Gasteiger partial charge in [-0.15, -0.1) is 0 Å². The fraction of sp³-hybridized carbons (Fsp3) is 0.750. The van der Waals surface area contributed by atoms with Gasteiger partial charge < -0.3 is 19.5 Å². The third-order valence-electron chi connectivity index (χ3n) is 6.52. The van der Waals surface area contributed by atoms with Crippen LogP contribution in [-0.2, 0) is 6.54 Å². The van der Waals surface area contributed by atoms with E-state index in [1.807, 2.05) is 11.0 Å². The molecule has 6 nitrogen and oxygen atoms in total. The Hall–Kier alpha value is -1.37. The number of likely N-dealkylation sites (tertiary alicyclic amines) is 2. The number of fused-ring (bicyclic) bond motifs is 1. The van der Waals surface area contributed by atoms with Gasteiger partial charge in [0.05, 0.1) is 18.8 Å². The van der Waals surface area contributed by atoms with Crippen molar-refractivity contribution in [3.8, 4) is 0 Å². The molecule has 0 spiro atoms. The zero-order valence-electron chi connectivity index (χ0n) is 15.5. The van der Waals surface area contributed by atoms with Crippen LogP contribution in [0.15, 0.2) is 16.5 Å². The van der Waals surface area contributed by atoms with Crippen LogP contribution in [0.3, 0.4) is 0 Å². The summed E-state index contributed by atoms with van der Waals surface area (Å²) in [6.07, 6.45) is 2.28. The van der Waals surface area contributed by atoms with E-state index in [-0.39, 0.29) is 17.7 Å². The first-order valence-corrected chi connectivity index (χ1v) is 9.96. The molecular weight excluding hydrogens is 332 g/mol. The number of amides is 1. The van der Waals surface area contributed by atoms with E-state index in [0.717, 1.165) is 31.3 Å². The molecule has 144 valence electrons. The molecule has 4 atom stereocenters. The molecule has 1 aliphatic carbocycles. The van der Waals surface area contributed by atoms with E-state index in [9.17, 15) is 15.0 Å². The second-order valence-corrected chi connectivity index (χ2v) is 8.56. The lowest BCUT2D eigenvalue weighted by Gasteiger charge is -2.31. The second kappa shape index (κ2) is 7.33. The van der Waals surface area contributed by atoms with Crippen molar-refractivity contribution in [2.24, 2.45) is 17.8 Å². The largest absolute Gasteiger partial charge is 0.455 e. The highest BCUT2D eigenvalue weighted by Crippen LogP contribution is 2.37. The van der Waals surface area contributed by atoms with Gasteiger partial charge in [-0.1, -0.05) is 6.92 Å². The lowest BCUT2D eigenvalue weighted by atomic mass is 9.79. The Morgan fingerprint density at radius 1 is 1.12 bits per heavy atom. The number of nitrogens with zero attached hydrogens (tertiary/aromatic N) is 2. The van der Waals surface area contributed by atoms with Crippen LogP contribution in [0.4, 0.5) is 0 Å². The summed E-state index contributed by atoms with van der Waals surface area (Å²) in [5, 5.41) is 19.7. The van der Waals surface area contributed by atoms with E-state index in [1.165, 1.54) is 12.8 Å². The van der Waals surface area contributed by atoms with Crippen molar-refractivity contribution in [3.05, 3.63) is 23.7 Å². The maximum atomic E-state index is 12.8. The second-order valence-electron chi connectivity index (χ2n) is 8.56. The molecule has 2 aliphatic heterocycles. The fourth-order valence-corrected chi connectivity index (χ4v) is 4.75. The Morgan fingerprint density at radius 2 is 1.73 bits per heavy atom. The van der Waals surface area contributed by atoms with E-state index >= 15 is 0 Å². The predicted octanol–water partition coefficient (Wildman–Crippen LogP) is 1.72. The quantitative estimate of drug-likeness (QED) is 0.856. The first-order valence-electron chi connectivity index (χ1n) is 9.96. The highest BCUT2D eigenvalue weighted by molar-refractivity contribution is 5.91. The van der Waals surface area contributed by atoms with Crippen LogP contribution in [0.1, 0.15) is 48.9 Å². The van der Waals surface area contributed by atoms with Crippen LogP contribution < -0.4 is 0 Å². The lowest BCUT2D eigenvalue weighted by Crippen LogP contribution is -2.38. The van der Waals surface area contributed by atoms with Gasteiger partial charge in [0.2, 0.25) is 0 Å². The van der Waals surface area contributed by atoms with Crippen molar-refractivity contribution in [2.75, 3.05) is 26.2 Å². The summed E-state index contributed by atoms with van der Waals surface area (Å²) in [5.41, 5.74) is 0. The molecule has 0 aromatic carbocycles. The molecule has 0 unspecified atom stereocenters. The molecule has 0 radical (unpaired) electrons. The Labute approximate surface area is 154 Å². The monoisotopic (exact) mass is 362 g/mol. The van der Waals surface area contributed by atoms with Gasteiger partial charge in [0.25, 0.3) is 5.91 Å². The number of rotatable bonds is 3. The summed E-state index contributed by atoms with van der Waals surface area (Å²) in [6.45, 7) is 6.54. The SMILES string of the molecule is CC1CCN(Cc2ccc(C(=O)N3C[C@H]4C[C@H](O)[C@H](O)C[C@H]4C3)o2)CC1. The maximum absolute atomic E-state index is 12.8. The van der Waals surface area contributed by atoms with Gasteiger partial charge in [-0.3, -0.25) is 9.69 Å². The van der Waals surface area contributed by atoms with Gasteiger partial charge in [-0.2, -0.15) is 0 Å². The standard InChI is InChI=1S/C20H30N2O4/c1-13-4-6-21(7-5-13)12-16-2-3-19(26-16)20(25)22-10-14-8-17(23)18(24)9-15(14)11-22/h2-3,13-15,17-18,23-24H,4-12H2,1H3/t14-,15+,17+,18-. The maximum Gasteiger partial charge on any atom is 0.289 e. The first-order chi connectivity index (χ1) is 12.5. The van der Waals surface area contributed by atoms with E-state index in [0.29, 0.717) is 31.7 Å². The molecule has 26 heavy (non-hydrogen) atoms. The predicted molar refractivity (Wildman–Crippen MR) is 96.5 cm³/mol. The first kappa shape index (κ1) is 18.0. The minimum Gasteiger partial charge on any atom is -0.455 e. The van der Waals surface area contributed by atoms with Crippen molar-refractivity contribution in [3.63, 3.8) is 0 Å². The molecule has 2 saturated heterocycles. The summed E-state index contributed by atoms with van der Waals surface area (Å²) in [6, 6.07) is 3.71. The molecule has 1 amide bonds. The fourth-order valence-electron chi connectivity index (χ4n) is 4.75. The molecule has 3 heterocycles. The zero-order valence-corrected chi connectivity index (χ0v) is 15.5. The Bertz CT molecular complexity index is 620. The topological polar surface area (TPSA) is 77.2 Å². The van der Waals surface area contributed by atoms with Crippen LogP contribution in [0.5, 0.6) is 0 Å². The van der Waals surface area contributed by atoms with Gasteiger partial charge >= 0.3 is 0 Å². The number of hydrogen-bond donors (Lipinski definition) is 2. The van der Waals surface area contributed by atoms with E-state index in [2.05, 4.69) is 11.8 Å². The van der Waals surface area contributed by atoms with Gasteiger partial charge in [0.1, 0.15) is 5.76 Å². The molecule has 3 aliphatic rings. The third-order valence-corrected chi connectivity index (χ3v) is 6.52. The Morgan fingerprint density at radius 3 is 2.35 bits per heavy atom. The summed E-state index contributed by atoms with van der Waals surface area (Å²) in [7, 11) is 0. The minimum absolute atomic E-state index is 0.0677. The van der Waals surface area contributed by atoms with E-state index in [1.54, 1.807) is 6.07 Å². The molecule has 1 aromatic rings. The number of aliphatic hydroxyl groups excluding tert-OH is 2. The summed E-state index contributed by atoms with van der Waals surface area (Å²) in [4.78, 5) is 17.0. The molecule has 0 bridgehead atoms. The smallest absolute Gasteiger partial charge is 0.289 e. The third kappa shape index (κ3) is 3.68. The molecule has 1 aromatic heterocycles. The molecule has 1 saturated carbocycles. The zero-order chi connectivity index (χ0) is 18.3. The van der Waals surface area contributed by atoms with Crippen molar-refractivity contribution in [2.45, 2.75) is 51.4 Å². The number of furan rings is 1. The number of carbonyl (C=O) groups excluding carboxylic acids is 1. The Balaban J connectivity index is 1.35. The van der Waals surface area contributed by atoms with Gasteiger partial charge in [0, 0.05) is 13.1 Å². The number of aliphatic hydroxyl groups is 2. The molecule has 6 heteroatoms. The Kier molecular flexibility index (Phi) is 5.08. The van der Waals surface area contributed by atoms with Gasteiger partial charge in [-0.05, 0) is 68.7 Å². The highest BCUT2D eigenvalue weighted by Gasteiger charge is 2.43. The summed E-state index contributed by atoms with van der Waals surface area (Å²) < 4.78 is 5.85. The normalized spacial score (nSPS) is 33.4. The van der Waals surface area contributed by atoms with Crippen LogP contribution >= 0.6 is 0 Å². The van der Waals surface area contributed by atoms with Crippen molar-refractivity contribution in [1.29, 1.82) is 0 Å². The van der Waals surface area contributed by atoms with Crippen LogP contribution in [0.2, 0.25) is 0 Å². The number of piperidine rings is 1. The van der Waals surface area contributed by atoms with E-state index < -0.39 is 12.2 Å². The van der Waals surface area contributed by atoms with Crippen LogP contribution in [0, 0.1) is 17.8 Å².